The fourth-order valence-electron chi connectivity index (χ4n) is 1.97. The van der Waals surface area contributed by atoms with Gasteiger partial charge in [-0.2, -0.15) is 0 Å². The van der Waals surface area contributed by atoms with Crippen molar-refractivity contribution in [1.82, 2.24) is 0 Å². The molecule has 2 atom stereocenters. The molecule has 0 saturated carbocycles. The highest BCUT2D eigenvalue weighted by Crippen LogP contribution is 2.32. The van der Waals surface area contributed by atoms with Crippen molar-refractivity contribution in [2.24, 2.45) is 11.7 Å². The van der Waals surface area contributed by atoms with Gasteiger partial charge in [-0.25, -0.2) is 8.42 Å². The first-order valence-electron chi connectivity index (χ1n) is 5.00. The molecule has 3 nitrogen and oxygen atoms in total. The van der Waals surface area contributed by atoms with Crippen molar-refractivity contribution < 1.29 is 8.42 Å². The average Bonchev–Trinajstić information content (AvgIpc) is 2.71. The first-order chi connectivity index (χ1) is 6.98. The van der Waals surface area contributed by atoms with E-state index in [4.69, 9.17) is 5.73 Å². The van der Waals surface area contributed by atoms with E-state index in [1.165, 1.54) is 4.88 Å². The summed E-state index contributed by atoms with van der Waals surface area (Å²) in [5.41, 5.74) is 6.08. The van der Waals surface area contributed by atoms with E-state index in [1.807, 2.05) is 19.1 Å². The van der Waals surface area contributed by atoms with Crippen LogP contribution in [0.2, 0.25) is 0 Å². The van der Waals surface area contributed by atoms with Gasteiger partial charge in [-0.15, -0.1) is 11.3 Å². The Labute approximate surface area is 94.2 Å². The molecule has 0 aliphatic carbocycles. The molecule has 1 aromatic rings. The van der Waals surface area contributed by atoms with Gasteiger partial charge in [0.2, 0.25) is 0 Å². The number of hydrogen-bond acceptors (Lipinski definition) is 4. The topological polar surface area (TPSA) is 60.2 Å². The van der Waals surface area contributed by atoms with Crippen LogP contribution in [0.4, 0.5) is 0 Å². The zero-order valence-corrected chi connectivity index (χ0v) is 10.3. The average molecular weight is 245 g/mol. The van der Waals surface area contributed by atoms with Crippen molar-refractivity contribution in [3.63, 3.8) is 0 Å². The lowest BCUT2D eigenvalue weighted by atomic mass is 9.99. The molecule has 1 fully saturated rings. The van der Waals surface area contributed by atoms with E-state index in [1.54, 1.807) is 11.3 Å². The third-order valence-electron chi connectivity index (χ3n) is 2.87. The predicted octanol–water partition coefficient (Wildman–Crippen LogP) is 1.49. The summed E-state index contributed by atoms with van der Waals surface area (Å²) in [6.45, 7) is 2.03. The maximum atomic E-state index is 11.3. The minimum Gasteiger partial charge on any atom is -0.323 e. The van der Waals surface area contributed by atoms with Gasteiger partial charge in [0.1, 0.15) is 0 Å². The summed E-state index contributed by atoms with van der Waals surface area (Å²) in [5, 5.41) is 0. The standard InChI is InChI=1S/C10H15NO2S2/c1-7-2-3-9(14-7)10(11)8-4-5-15(12,13)6-8/h2-3,8,10H,4-6,11H2,1H3. The first-order valence-corrected chi connectivity index (χ1v) is 7.64. The normalized spacial score (nSPS) is 26.7. The molecule has 1 aliphatic heterocycles. The summed E-state index contributed by atoms with van der Waals surface area (Å²) in [6.07, 6.45) is 0.709. The van der Waals surface area contributed by atoms with Crippen LogP contribution in [0.15, 0.2) is 12.1 Å². The van der Waals surface area contributed by atoms with Gasteiger partial charge in [0, 0.05) is 15.8 Å². The lowest BCUT2D eigenvalue weighted by molar-refractivity contribution is 0.486. The van der Waals surface area contributed by atoms with Crippen molar-refractivity contribution in [1.29, 1.82) is 0 Å². The molecule has 15 heavy (non-hydrogen) atoms. The number of aryl methyl sites for hydroxylation is 1. The van der Waals surface area contributed by atoms with Crippen LogP contribution in [-0.4, -0.2) is 19.9 Å². The molecule has 2 unspecified atom stereocenters. The molecule has 1 aromatic heterocycles. The molecule has 0 amide bonds. The van der Waals surface area contributed by atoms with Crippen LogP contribution in [0.1, 0.15) is 22.2 Å². The second kappa shape index (κ2) is 3.88. The molecule has 1 saturated heterocycles. The summed E-state index contributed by atoms with van der Waals surface area (Å²) in [4.78, 5) is 2.33. The summed E-state index contributed by atoms with van der Waals surface area (Å²) in [7, 11) is -2.82. The Balaban J connectivity index is 2.13. The Bertz CT molecular complexity index is 450. The SMILES string of the molecule is Cc1ccc(C(N)C2CCS(=O)(=O)C2)s1. The Morgan fingerprint density at radius 1 is 1.53 bits per heavy atom. The summed E-state index contributed by atoms with van der Waals surface area (Å²) in [6, 6.07) is 3.93. The minimum atomic E-state index is -2.82. The molecule has 5 heteroatoms. The van der Waals surface area contributed by atoms with E-state index >= 15 is 0 Å². The number of nitrogens with two attached hydrogens (primary N) is 1. The smallest absolute Gasteiger partial charge is 0.150 e. The van der Waals surface area contributed by atoms with Crippen molar-refractivity contribution >= 4 is 21.2 Å². The molecule has 0 aromatic carbocycles. The quantitative estimate of drug-likeness (QED) is 0.858. The summed E-state index contributed by atoms with van der Waals surface area (Å²) in [5.74, 6) is 0.661. The molecule has 0 bridgehead atoms. The van der Waals surface area contributed by atoms with Crippen LogP contribution in [0.3, 0.4) is 0 Å². The van der Waals surface area contributed by atoms with E-state index in [9.17, 15) is 8.42 Å². The molecule has 2 N–H and O–H groups in total. The van der Waals surface area contributed by atoms with E-state index < -0.39 is 9.84 Å². The van der Waals surface area contributed by atoms with Crippen LogP contribution >= 0.6 is 11.3 Å². The number of thiophene rings is 1. The van der Waals surface area contributed by atoms with Crippen LogP contribution < -0.4 is 5.73 Å². The van der Waals surface area contributed by atoms with E-state index in [2.05, 4.69) is 0 Å². The maximum Gasteiger partial charge on any atom is 0.150 e. The van der Waals surface area contributed by atoms with Gasteiger partial charge in [0.05, 0.1) is 11.5 Å². The second-order valence-electron chi connectivity index (χ2n) is 4.14. The highest BCUT2D eigenvalue weighted by Gasteiger charge is 2.33. The van der Waals surface area contributed by atoms with Crippen LogP contribution in [0, 0.1) is 12.8 Å². The molecular weight excluding hydrogens is 230 g/mol. The number of sulfone groups is 1. The summed E-state index contributed by atoms with van der Waals surface area (Å²) < 4.78 is 22.7. The molecule has 0 spiro atoms. The third-order valence-corrected chi connectivity index (χ3v) is 5.76. The predicted molar refractivity (Wildman–Crippen MR) is 62.7 cm³/mol. The van der Waals surface area contributed by atoms with Crippen LogP contribution in [0.25, 0.3) is 0 Å². The largest absolute Gasteiger partial charge is 0.323 e. The van der Waals surface area contributed by atoms with Gasteiger partial charge < -0.3 is 5.73 Å². The molecule has 2 rings (SSSR count). The van der Waals surface area contributed by atoms with Crippen molar-refractivity contribution in [2.75, 3.05) is 11.5 Å². The first kappa shape index (κ1) is 11.1. The van der Waals surface area contributed by atoms with Gasteiger partial charge >= 0.3 is 0 Å². The fraction of sp³-hybridized carbons (Fsp3) is 0.600. The van der Waals surface area contributed by atoms with Crippen molar-refractivity contribution in [3.05, 3.63) is 21.9 Å². The molecule has 0 radical (unpaired) electrons. The second-order valence-corrected chi connectivity index (χ2v) is 7.69. The summed E-state index contributed by atoms with van der Waals surface area (Å²) >= 11 is 1.66. The Morgan fingerprint density at radius 2 is 2.27 bits per heavy atom. The molecule has 2 heterocycles. The van der Waals surface area contributed by atoms with Crippen LogP contribution in [0.5, 0.6) is 0 Å². The highest BCUT2D eigenvalue weighted by atomic mass is 32.2. The molecular formula is C10H15NO2S2. The minimum absolute atomic E-state index is 0.105. The van der Waals surface area contributed by atoms with E-state index in [0.717, 1.165) is 4.88 Å². The van der Waals surface area contributed by atoms with Gasteiger partial charge in [0.15, 0.2) is 9.84 Å². The molecule has 1 aliphatic rings. The molecule has 84 valence electrons. The monoisotopic (exact) mass is 245 g/mol. The van der Waals surface area contributed by atoms with Crippen LogP contribution in [-0.2, 0) is 9.84 Å². The van der Waals surface area contributed by atoms with Gasteiger partial charge in [-0.1, -0.05) is 0 Å². The van der Waals surface area contributed by atoms with Gasteiger partial charge in [-0.05, 0) is 31.4 Å². The number of rotatable bonds is 2. The number of hydrogen-bond donors (Lipinski definition) is 1. The fourth-order valence-corrected chi connectivity index (χ4v) is 4.80. The zero-order valence-electron chi connectivity index (χ0n) is 8.64. The maximum absolute atomic E-state index is 11.3. The van der Waals surface area contributed by atoms with Gasteiger partial charge in [-0.3, -0.25) is 0 Å². The highest BCUT2D eigenvalue weighted by molar-refractivity contribution is 7.91. The Kier molecular flexibility index (Phi) is 2.87. The van der Waals surface area contributed by atoms with Crippen molar-refractivity contribution in [2.45, 2.75) is 19.4 Å². The lowest BCUT2D eigenvalue weighted by Gasteiger charge is -2.15. The van der Waals surface area contributed by atoms with E-state index in [0.29, 0.717) is 12.2 Å². The van der Waals surface area contributed by atoms with Gasteiger partial charge in [0.25, 0.3) is 0 Å². The zero-order chi connectivity index (χ0) is 11.1. The van der Waals surface area contributed by atoms with E-state index in [-0.39, 0.29) is 17.7 Å². The Hall–Kier alpha value is -0.390. The van der Waals surface area contributed by atoms with Crippen molar-refractivity contribution in [3.8, 4) is 0 Å². The third kappa shape index (κ3) is 2.41. The lowest BCUT2D eigenvalue weighted by Crippen LogP contribution is -2.21. The Morgan fingerprint density at radius 3 is 2.73 bits per heavy atom.